The van der Waals surface area contributed by atoms with Crippen molar-refractivity contribution in [2.75, 3.05) is 19.3 Å². The number of benzene rings is 1. The van der Waals surface area contributed by atoms with Crippen LogP contribution in [0, 0.1) is 5.92 Å². The van der Waals surface area contributed by atoms with Crippen molar-refractivity contribution in [2.24, 2.45) is 5.92 Å². The number of nitrogen functional groups attached to an aromatic ring is 1. The van der Waals surface area contributed by atoms with Crippen LogP contribution in [0.3, 0.4) is 0 Å². The Bertz CT molecular complexity index is 335. The van der Waals surface area contributed by atoms with Crippen molar-refractivity contribution in [1.82, 2.24) is 4.90 Å². The molecule has 0 amide bonds. The van der Waals surface area contributed by atoms with Gasteiger partial charge in [0, 0.05) is 18.8 Å². The van der Waals surface area contributed by atoms with E-state index in [1.807, 2.05) is 12.1 Å². The topological polar surface area (TPSA) is 29.3 Å². The fourth-order valence-electron chi connectivity index (χ4n) is 2.70. The average Bonchev–Trinajstić information content (AvgIpc) is 2.70. The molecule has 1 aromatic carbocycles. The van der Waals surface area contributed by atoms with E-state index in [9.17, 15) is 0 Å². The van der Waals surface area contributed by atoms with Gasteiger partial charge in [0.25, 0.3) is 0 Å². The van der Waals surface area contributed by atoms with E-state index in [4.69, 9.17) is 5.73 Å². The molecule has 0 atom stereocenters. The largest absolute Gasteiger partial charge is 0.399 e. The minimum Gasteiger partial charge on any atom is -0.399 e. The summed E-state index contributed by atoms with van der Waals surface area (Å²) < 4.78 is 0. The molecule has 1 aliphatic rings. The number of halogens is 1. The molecule has 0 aliphatic heterocycles. The van der Waals surface area contributed by atoms with E-state index in [1.165, 1.54) is 37.8 Å². The summed E-state index contributed by atoms with van der Waals surface area (Å²) >= 11 is 0. The second kappa shape index (κ2) is 6.87. The Hall–Kier alpha value is -0.730. The summed E-state index contributed by atoms with van der Waals surface area (Å²) in [7, 11) is 2.21. The zero-order valence-electron chi connectivity index (χ0n) is 10.6. The van der Waals surface area contributed by atoms with E-state index in [0.717, 1.165) is 18.2 Å². The molecule has 17 heavy (non-hydrogen) atoms. The molecular weight excluding hydrogens is 232 g/mol. The predicted octanol–water partition coefficient (Wildman–Crippen LogP) is 3.31. The van der Waals surface area contributed by atoms with Gasteiger partial charge in [0.05, 0.1) is 0 Å². The fraction of sp³-hybridized carbons (Fsp3) is 0.571. The second-order valence-corrected chi connectivity index (χ2v) is 5.09. The van der Waals surface area contributed by atoms with E-state index in [2.05, 4.69) is 24.1 Å². The highest BCUT2D eigenvalue weighted by atomic mass is 35.5. The number of nitrogens with zero attached hydrogens (tertiary/aromatic N) is 1. The van der Waals surface area contributed by atoms with Crippen LogP contribution in [0.2, 0.25) is 0 Å². The molecule has 2 N–H and O–H groups in total. The summed E-state index contributed by atoms with van der Waals surface area (Å²) in [6.45, 7) is 2.25. The van der Waals surface area contributed by atoms with Gasteiger partial charge in [-0.3, -0.25) is 0 Å². The van der Waals surface area contributed by atoms with Crippen LogP contribution in [-0.2, 0) is 6.54 Å². The summed E-state index contributed by atoms with van der Waals surface area (Å²) in [6.07, 6.45) is 5.69. The summed E-state index contributed by atoms with van der Waals surface area (Å²) in [5, 5.41) is 0. The van der Waals surface area contributed by atoms with Gasteiger partial charge in [-0.25, -0.2) is 0 Å². The molecule has 2 nitrogen and oxygen atoms in total. The van der Waals surface area contributed by atoms with Gasteiger partial charge in [-0.1, -0.05) is 25.0 Å². The minimum absolute atomic E-state index is 0. The van der Waals surface area contributed by atoms with Crippen LogP contribution in [0.25, 0.3) is 0 Å². The highest BCUT2D eigenvalue weighted by Gasteiger charge is 2.16. The molecule has 0 radical (unpaired) electrons. The van der Waals surface area contributed by atoms with Crippen molar-refractivity contribution in [2.45, 2.75) is 32.2 Å². The molecular formula is C14H23ClN2. The van der Waals surface area contributed by atoms with Gasteiger partial charge in [-0.05, 0) is 43.5 Å². The molecule has 0 saturated heterocycles. The van der Waals surface area contributed by atoms with Crippen molar-refractivity contribution in [3.8, 4) is 0 Å². The van der Waals surface area contributed by atoms with E-state index in [0.29, 0.717) is 0 Å². The Labute approximate surface area is 111 Å². The van der Waals surface area contributed by atoms with Crippen LogP contribution in [0.5, 0.6) is 0 Å². The Kier molecular flexibility index (Phi) is 5.79. The molecule has 1 fully saturated rings. The van der Waals surface area contributed by atoms with Crippen molar-refractivity contribution < 1.29 is 0 Å². The number of rotatable bonds is 4. The van der Waals surface area contributed by atoms with Crippen LogP contribution in [0.1, 0.15) is 31.2 Å². The maximum absolute atomic E-state index is 5.78. The van der Waals surface area contributed by atoms with Crippen LogP contribution in [0.4, 0.5) is 5.69 Å². The van der Waals surface area contributed by atoms with Gasteiger partial charge in [-0.15, -0.1) is 12.4 Å². The minimum atomic E-state index is 0. The van der Waals surface area contributed by atoms with Crippen LogP contribution < -0.4 is 5.73 Å². The highest BCUT2D eigenvalue weighted by Crippen LogP contribution is 2.25. The first-order chi connectivity index (χ1) is 7.74. The predicted molar refractivity (Wildman–Crippen MR) is 76.4 cm³/mol. The monoisotopic (exact) mass is 254 g/mol. The maximum atomic E-state index is 5.78. The smallest absolute Gasteiger partial charge is 0.0317 e. The van der Waals surface area contributed by atoms with Crippen molar-refractivity contribution in [3.05, 3.63) is 29.8 Å². The lowest BCUT2D eigenvalue weighted by Crippen LogP contribution is -2.24. The molecule has 1 saturated carbocycles. The molecule has 96 valence electrons. The van der Waals surface area contributed by atoms with E-state index < -0.39 is 0 Å². The molecule has 3 heteroatoms. The first-order valence-corrected chi connectivity index (χ1v) is 6.27. The van der Waals surface area contributed by atoms with Gasteiger partial charge in [0.1, 0.15) is 0 Å². The van der Waals surface area contributed by atoms with Gasteiger partial charge < -0.3 is 10.6 Å². The van der Waals surface area contributed by atoms with Crippen LogP contribution >= 0.6 is 12.4 Å². The number of hydrogen-bond acceptors (Lipinski definition) is 2. The Morgan fingerprint density at radius 2 is 2.00 bits per heavy atom. The number of nitrogens with two attached hydrogens (primary N) is 1. The lowest BCUT2D eigenvalue weighted by atomic mass is 10.1. The van der Waals surface area contributed by atoms with Gasteiger partial charge >= 0.3 is 0 Å². The van der Waals surface area contributed by atoms with Gasteiger partial charge in [0.15, 0.2) is 0 Å². The Morgan fingerprint density at radius 3 is 2.65 bits per heavy atom. The second-order valence-electron chi connectivity index (χ2n) is 5.09. The quantitative estimate of drug-likeness (QED) is 0.836. The first kappa shape index (κ1) is 14.3. The van der Waals surface area contributed by atoms with Crippen molar-refractivity contribution >= 4 is 18.1 Å². The van der Waals surface area contributed by atoms with Crippen molar-refractivity contribution in [3.63, 3.8) is 0 Å². The molecule has 1 aliphatic carbocycles. The fourth-order valence-corrected chi connectivity index (χ4v) is 2.70. The lowest BCUT2D eigenvalue weighted by Gasteiger charge is -2.20. The third kappa shape index (κ3) is 4.57. The molecule has 0 spiro atoms. The number of hydrogen-bond donors (Lipinski definition) is 1. The van der Waals surface area contributed by atoms with Gasteiger partial charge in [-0.2, -0.15) is 0 Å². The summed E-state index contributed by atoms with van der Waals surface area (Å²) in [6, 6.07) is 8.21. The SMILES string of the molecule is CN(Cc1cccc(N)c1)CC1CCCC1.Cl. The molecule has 0 unspecified atom stereocenters. The molecule has 0 aromatic heterocycles. The third-order valence-corrected chi connectivity index (χ3v) is 3.45. The first-order valence-electron chi connectivity index (χ1n) is 6.27. The standard InChI is InChI=1S/C14H22N2.ClH/c1-16(10-12-5-2-3-6-12)11-13-7-4-8-14(15)9-13;/h4,7-9,12H,2-3,5-6,10-11,15H2,1H3;1H. The lowest BCUT2D eigenvalue weighted by molar-refractivity contribution is 0.271. The molecule has 1 aromatic rings. The summed E-state index contributed by atoms with van der Waals surface area (Å²) in [4.78, 5) is 2.42. The molecule has 2 rings (SSSR count). The van der Waals surface area contributed by atoms with Crippen LogP contribution in [0.15, 0.2) is 24.3 Å². The van der Waals surface area contributed by atoms with E-state index in [-0.39, 0.29) is 12.4 Å². The van der Waals surface area contributed by atoms with E-state index >= 15 is 0 Å². The average molecular weight is 255 g/mol. The Balaban J connectivity index is 0.00000144. The van der Waals surface area contributed by atoms with Crippen LogP contribution in [-0.4, -0.2) is 18.5 Å². The Morgan fingerprint density at radius 1 is 1.29 bits per heavy atom. The van der Waals surface area contributed by atoms with Crippen molar-refractivity contribution in [1.29, 1.82) is 0 Å². The van der Waals surface area contributed by atoms with Gasteiger partial charge in [0.2, 0.25) is 0 Å². The zero-order valence-corrected chi connectivity index (χ0v) is 11.4. The highest BCUT2D eigenvalue weighted by molar-refractivity contribution is 5.85. The maximum Gasteiger partial charge on any atom is 0.0317 e. The molecule has 0 heterocycles. The summed E-state index contributed by atoms with van der Waals surface area (Å²) in [5.41, 5.74) is 7.97. The molecule has 0 bridgehead atoms. The zero-order chi connectivity index (χ0) is 11.4. The summed E-state index contributed by atoms with van der Waals surface area (Å²) in [5.74, 6) is 0.922. The normalized spacial score (nSPS) is 16.1. The number of anilines is 1. The third-order valence-electron chi connectivity index (χ3n) is 3.45. The van der Waals surface area contributed by atoms with E-state index in [1.54, 1.807) is 0 Å².